The zero-order valence-corrected chi connectivity index (χ0v) is 42.7. The quantitative estimate of drug-likeness (QED) is 0.0170. The third-order valence-electron chi connectivity index (χ3n) is 11.7. The number of unbranched alkanes of at least 4 members (excludes halogenated alkanes) is 25. The SMILES string of the molecule is CCCCCCCCCCCCCCCC(=O)O[C@@H](COP(=O)(O)OC1C(O)[C@H](O)C(O)[C@H](OP(=O)(O)O)[C@@H]1O)CC(=O)OCCCCCCCCCCCCCCCCSC(=O)CCC. The number of esters is 2. The number of thioether (sulfide) groups is 1. The van der Waals surface area contributed by atoms with Crippen molar-refractivity contribution in [2.24, 2.45) is 0 Å². The smallest absolute Gasteiger partial charge is 0.466 e. The number of phosphoric ester groups is 2. The first kappa shape index (κ1) is 63.0. The lowest BCUT2D eigenvalue weighted by Crippen LogP contribution is -2.64. The molecule has 0 spiro atoms. The fourth-order valence-corrected chi connectivity index (χ4v) is 10.3. The molecule has 0 aromatic heterocycles. The lowest BCUT2D eigenvalue weighted by atomic mass is 9.85. The molecule has 20 heteroatoms. The first-order chi connectivity index (χ1) is 31.5. The molecule has 0 aromatic rings. The highest BCUT2D eigenvalue weighted by Crippen LogP contribution is 2.49. The molecule has 0 aromatic carbocycles. The zero-order chi connectivity index (χ0) is 49.1. The molecular formula is C46H88O17P2S. The van der Waals surface area contributed by atoms with Crippen LogP contribution in [0.1, 0.15) is 213 Å². The fourth-order valence-electron chi connectivity index (χ4n) is 7.84. The van der Waals surface area contributed by atoms with Gasteiger partial charge in [-0.2, -0.15) is 0 Å². The molecule has 0 heterocycles. The van der Waals surface area contributed by atoms with E-state index in [2.05, 4.69) is 11.4 Å². The molecule has 1 aliphatic carbocycles. The summed E-state index contributed by atoms with van der Waals surface area (Å²) in [5, 5.41) is 41.6. The van der Waals surface area contributed by atoms with Gasteiger partial charge >= 0.3 is 27.6 Å². The molecule has 1 fully saturated rings. The van der Waals surface area contributed by atoms with Crippen molar-refractivity contribution in [3.8, 4) is 0 Å². The van der Waals surface area contributed by atoms with Gasteiger partial charge in [0.15, 0.2) is 5.12 Å². The lowest BCUT2D eigenvalue weighted by Gasteiger charge is -2.43. The topological polar surface area (TPSA) is 273 Å². The second kappa shape index (κ2) is 38.7. The van der Waals surface area contributed by atoms with E-state index in [1.165, 1.54) is 114 Å². The van der Waals surface area contributed by atoms with Crippen molar-refractivity contribution in [2.45, 2.75) is 256 Å². The molecule has 1 saturated carbocycles. The normalized spacial score (nSPS) is 21.3. The van der Waals surface area contributed by atoms with Crippen molar-refractivity contribution >= 4 is 44.5 Å². The molecule has 66 heavy (non-hydrogen) atoms. The number of rotatable bonds is 43. The highest BCUT2D eigenvalue weighted by molar-refractivity contribution is 8.13. The van der Waals surface area contributed by atoms with Crippen LogP contribution in [-0.2, 0) is 46.6 Å². The van der Waals surface area contributed by atoms with Crippen molar-refractivity contribution in [1.29, 1.82) is 0 Å². The monoisotopic (exact) mass is 1010 g/mol. The van der Waals surface area contributed by atoms with Gasteiger partial charge < -0.3 is 44.6 Å². The Morgan fingerprint density at radius 3 is 1.42 bits per heavy atom. The minimum atomic E-state index is -5.37. The minimum Gasteiger partial charge on any atom is -0.466 e. The highest BCUT2D eigenvalue weighted by atomic mass is 32.2. The van der Waals surface area contributed by atoms with E-state index in [4.69, 9.17) is 18.5 Å². The van der Waals surface area contributed by atoms with Gasteiger partial charge in [-0.15, -0.1) is 0 Å². The predicted octanol–water partition coefficient (Wildman–Crippen LogP) is 9.27. The van der Waals surface area contributed by atoms with Crippen molar-refractivity contribution in [3.63, 3.8) is 0 Å². The van der Waals surface area contributed by atoms with Crippen LogP contribution in [0.25, 0.3) is 0 Å². The maximum absolute atomic E-state index is 13.0. The molecule has 4 unspecified atom stereocenters. The Morgan fingerprint density at radius 1 is 0.515 bits per heavy atom. The van der Waals surface area contributed by atoms with Gasteiger partial charge in [0.05, 0.1) is 19.6 Å². The van der Waals surface area contributed by atoms with E-state index >= 15 is 0 Å². The molecule has 1 rings (SSSR count). The highest BCUT2D eigenvalue weighted by Gasteiger charge is 2.54. The second-order valence-corrected chi connectivity index (χ2v) is 21.6. The summed E-state index contributed by atoms with van der Waals surface area (Å²) in [4.78, 5) is 66.1. The summed E-state index contributed by atoms with van der Waals surface area (Å²) in [6.07, 6.45) is 16.4. The number of aliphatic hydroxyl groups excluding tert-OH is 4. The minimum absolute atomic E-state index is 0.0303. The summed E-state index contributed by atoms with van der Waals surface area (Å²) in [5.74, 6) is -0.467. The number of hydrogen-bond acceptors (Lipinski definition) is 15. The molecule has 0 saturated heterocycles. The zero-order valence-electron chi connectivity index (χ0n) is 40.1. The van der Waals surface area contributed by atoms with E-state index < -0.39 is 83.3 Å². The van der Waals surface area contributed by atoms with Gasteiger partial charge in [0.25, 0.3) is 0 Å². The van der Waals surface area contributed by atoms with E-state index in [0.29, 0.717) is 24.4 Å². The summed E-state index contributed by atoms with van der Waals surface area (Å²) in [6, 6.07) is 0. The van der Waals surface area contributed by atoms with Crippen LogP contribution in [0, 0.1) is 0 Å². The van der Waals surface area contributed by atoms with E-state index in [1.54, 1.807) is 0 Å². The molecule has 0 radical (unpaired) electrons. The van der Waals surface area contributed by atoms with Crippen LogP contribution in [0.15, 0.2) is 0 Å². The van der Waals surface area contributed by atoms with Crippen molar-refractivity contribution in [2.75, 3.05) is 19.0 Å². The Balaban J connectivity index is 2.50. The predicted molar refractivity (Wildman–Crippen MR) is 254 cm³/mol. The molecule has 0 amide bonds. The van der Waals surface area contributed by atoms with Crippen LogP contribution in [0.2, 0.25) is 0 Å². The van der Waals surface area contributed by atoms with Gasteiger partial charge in [-0.05, 0) is 25.7 Å². The largest absolute Gasteiger partial charge is 0.472 e. The van der Waals surface area contributed by atoms with Gasteiger partial charge in [-0.1, -0.05) is 180 Å². The number of phosphoric acid groups is 2. The van der Waals surface area contributed by atoms with E-state index in [-0.39, 0.29) is 13.0 Å². The van der Waals surface area contributed by atoms with Gasteiger partial charge in [0, 0.05) is 18.6 Å². The maximum Gasteiger partial charge on any atom is 0.472 e. The van der Waals surface area contributed by atoms with Crippen LogP contribution in [0.5, 0.6) is 0 Å². The summed E-state index contributed by atoms with van der Waals surface area (Å²) in [6.45, 7) is 3.51. The first-order valence-electron chi connectivity index (χ1n) is 25.1. The molecule has 0 bridgehead atoms. The molecule has 17 nitrogen and oxygen atoms in total. The van der Waals surface area contributed by atoms with Crippen LogP contribution >= 0.6 is 27.4 Å². The van der Waals surface area contributed by atoms with Gasteiger partial charge in [0.2, 0.25) is 0 Å². The van der Waals surface area contributed by atoms with Crippen LogP contribution in [0.4, 0.5) is 0 Å². The van der Waals surface area contributed by atoms with Gasteiger partial charge in [0.1, 0.15) is 42.7 Å². The standard InChI is InChI=1S/C46H88O17P2S/c1-3-5-6-7-8-9-10-13-16-19-22-25-28-32-38(47)61-37(36-60-65(57,58)63-46-43(52)41(50)42(51)45(44(46)53)62-64(54,55)56)35-39(48)59-33-29-26-23-20-17-14-11-12-15-18-21-24-27-30-34-66-40(49)31-4-2/h37,41-46,50-53H,3-36H2,1-2H3,(H,57,58)(H2,54,55,56)/t37-,41-,42?,43?,44+,45+,46?/m1/s1. The van der Waals surface area contributed by atoms with Gasteiger partial charge in [-0.3, -0.25) is 28.0 Å². The van der Waals surface area contributed by atoms with Crippen LogP contribution in [-0.4, -0.2) is 114 Å². The van der Waals surface area contributed by atoms with Crippen molar-refractivity contribution < 1.29 is 81.7 Å². The molecular weight excluding hydrogens is 919 g/mol. The first-order valence-corrected chi connectivity index (χ1v) is 29.1. The summed E-state index contributed by atoms with van der Waals surface area (Å²) >= 11 is 1.48. The van der Waals surface area contributed by atoms with E-state index in [1.807, 2.05) is 6.92 Å². The molecule has 0 aliphatic heterocycles. The average molecular weight is 1010 g/mol. The number of aliphatic hydroxyl groups is 4. The Bertz CT molecular complexity index is 1360. The van der Waals surface area contributed by atoms with Crippen molar-refractivity contribution in [1.82, 2.24) is 0 Å². The Kier molecular flexibility index (Phi) is 37.0. The lowest BCUT2D eigenvalue weighted by molar-refractivity contribution is -0.216. The third kappa shape index (κ3) is 32.8. The number of hydrogen-bond donors (Lipinski definition) is 7. The number of carbonyl (C=O) groups is 3. The Morgan fingerprint density at radius 2 is 0.955 bits per heavy atom. The fraction of sp³-hybridized carbons (Fsp3) is 0.935. The molecule has 7 N–H and O–H groups in total. The number of ether oxygens (including phenoxy) is 2. The summed E-state index contributed by atoms with van der Waals surface area (Å²) in [7, 11) is -10.7. The molecule has 8 atom stereocenters. The second-order valence-electron chi connectivity index (χ2n) is 17.8. The van der Waals surface area contributed by atoms with Crippen molar-refractivity contribution in [3.05, 3.63) is 0 Å². The molecule has 390 valence electrons. The van der Waals surface area contributed by atoms with Crippen LogP contribution < -0.4 is 0 Å². The van der Waals surface area contributed by atoms with E-state index in [0.717, 1.165) is 70.0 Å². The Labute approximate surface area is 399 Å². The summed E-state index contributed by atoms with van der Waals surface area (Å²) in [5.41, 5.74) is 0. The number of carbonyl (C=O) groups excluding carboxylic acids is 3. The summed E-state index contributed by atoms with van der Waals surface area (Å²) < 4.78 is 49.4. The third-order valence-corrected chi connectivity index (χ3v) is 14.2. The maximum atomic E-state index is 13.0. The van der Waals surface area contributed by atoms with E-state index in [9.17, 15) is 58.6 Å². The Hall–Kier alpha value is -0.980. The van der Waals surface area contributed by atoms with Gasteiger partial charge in [-0.25, -0.2) is 9.13 Å². The average Bonchev–Trinajstić information content (AvgIpc) is 3.26. The molecule has 1 aliphatic rings. The van der Waals surface area contributed by atoms with Crippen LogP contribution in [0.3, 0.4) is 0 Å².